The predicted octanol–water partition coefficient (Wildman–Crippen LogP) is 3.57. The van der Waals surface area contributed by atoms with Gasteiger partial charge in [-0.15, -0.1) is 0 Å². The Labute approximate surface area is 208 Å². The van der Waals surface area contributed by atoms with Crippen LogP contribution in [0.3, 0.4) is 0 Å². The van der Waals surface area contributed by atoms with Gasteiger partial charge in [-0.05, 0) is 69.7 Å². The molecule has 8 nitrogen and oxygen atoms in total. The second-order valence-corrected chi connectivity index (χ2v) is 9.85. The number of amides is 2. The van der Waals surface area contributed by atoms with Crippen molar-refractivity contribution in [1.29, 1.82) is 0 Å². The van der Waals surface area contributed by atoms with Crippen LogP contribution in [-0.2, 0) is 4.79 Å². The molecule has 1 atom stereocenters. The largest absolute Gasteiger partial charge is 0.493 e. The Bertz CT molecular complexity index is 1290. The number of halogens is 1. The van der Waals surface area contributed by atoms with Crippen molar-refractivity contribution in [3.05, 3.63) is 47.5 Å². The highest BCUT2D eigenvalue weighted by molar-refractivity contribution is 6.09. The van der Waals surface area contributed by atoms with E-state index >= 15 is 0 Å². The summed E-state index contributed by atoms with van der Waals surface area (Å²) >= 11 is 0. The van der Waals surface area contributed by atoms with E-state index in [-0.39, 0.29) is 23.7 Å². The first-order chi connectivity index (χ1) is 17.3. The average Bonchev–Trinajstić information content (AvgIpc) is 3.62. The highest BCUT2D eigenvalue weighted by atomic mass is 19.1. The lowest BCUT2D eigenvalue weighted by Crippen LogP contribution is -2.48. The first-order valence-electron chi connectivity index (χ1n) is 12.5. The highest BCUT2D eigenvalue weighted by Crippen LogP contribution is 2.38. The Kier molecular flexibility index (Phi) is 6.66. The molecule has 0 bridgehead atoms. The number of aliphatic hydroxyl groups is 1. The normalized spacial score (nSPS) is 17.3. The fourth-order valence-electron chi connectivity index (χ4n) is 4.80. The van der Waals surface area contributed by atoms with Crippen molar-refractivity contribution in [2.45, 2.75) is 51.7 Å². The Morgan fingerprint density at radius 1 is 1.22 bits per heavy atom. The minimum atomic E-state index is -1.03. The number of H-pyrrole nitrogens is 1. The number of nitrogens with zero attached hydrogens (tertiary/aromatic N) is 2. The molecule has 36 heavy (non-hydrogen) atoms. The van der Waals surface area contributed by atoms with Gasteiger partial charge in [0.2, 0.25) is 0 Å². The van der Waals surface area contributed by atoms with Crippen molar-refractivity contribution in [2.24, 2.45) is 5.92 Å². The predicted molar refractivity (Wildman–Crippen MR) is 133 cm³/mol. The average molecular weight is 495 g/mol. The molecule has 1 saturated carbocycles. The minimum absolute atomic E-state index is 0.0891. The van der Waals surface area contributed by atoms with Crippen LogP contribution in [0.5, 0.6) is 5.75 Å². The van der Waals surface area contributed by atoms with Gasteiger partial charge < -0.3 is 25.0 Å². The molecule has 1 aliphatic heterocycles. The van der Waals surface area contributed by atoms with Gasteiger partial charge in [0.25, 0.3) is 11.8 Å². The van der Waals surface area contributed by atoms with Crippen LogP contribution >= 0.6 is 0 Å². The van der Waals surface area contributed by atoms with Crippen molar-refractivity contribution in [2.75, 3.05) is 19.7 Å². The molecule has 0 spiro atoms. The maximum Gasteiger partial charge on any atom is 0.255 e. The Morgan fingerprint density at radius 2 is 1.97 bits per heavy atom. The number of hydrogen-bond donors (Lipinski definition) is 3. The second-order valence-electron chi connectivity index (χ2n) is 9.85. The summed E-state index contributed by atoms with van der Waals surface area (Å²) in [6, 6.07) is 6.21. The number of likely N-dealkylation sites (tertiary alicyclic amines) is 1. The lowest BCUT2D eigenvalue weighted by molar-refractivity contribution is -0.140. The molecule has 190 valence electrons. The number of rotatable bonds is 7. The molecule has 2 aliphatic rings. The summed E-state index contributed by atoms with van der Waals surface area (Å²) < 4.78 is 20.3. The van der Waals surface area contributed by atoms with Crippen LogP contribution in [0.15, 0.2) is 30.5 Å². The summed E-state index contributed by atoms with van der Waals surface area (Å²) in [5.74, 6) is 0.262. The number of fused-ring (bicyclic) bond motifs is 1. The number of carbonyl (C=O) groups is 2. The molecule has 3 aromatic rings. The maximum absolute atomic E-state index is 14.3. The molecule has 0 radical (unpaired) electrons. The summed E-state index contributed by atoms with van der Waals surface area (Å²) in [4.78, 5) is 34.7. The van der Waals surface area contributed by atoms with E-state index in [0.29, 0.717) is 72.1 Å². The van der Waals surface area contributed by atoms with Crippen molar-refractivity contribution >= 4 is 22.8 Å². The van der Waals surface area contributed by atoms with E-state index in [0.717, 1.165) is 18.4 Å². The van der Waals surface area contributed by atoms with Crippen molar-refractivity contribution in [3.63, 3.8) is 0 Å². The van der Waals surface area contributed by atoms with E-state index in [1.807, 2.05) is 6.92 Å². The lowest BCUT2D eigenvalue weighted by Gasteiger charge is -2.33. The highest BCUT2D eigenvalue weighted by Gasteiger charge is 2.28. The third-order valence-electron chi connectivity index (χ3n) is 7.00. The number of carbonyl (C=O) groups excluding carboxylic acids is 2. The zero-order valence-corrected chi connectivity index (χ0v) is 20.5. The topological polar surface area (TPSA) is 108 Å². The van der Waals surface area contributed by atoms with Crippen LogP contribution in [0.2, 0.25) is 0 Å². The van der Waals surface area contributed by atoms with Crippen molar-refractivity contribution < 1.29 is 23.8 Å². The van der Waals surface area contributed by atoms with Gasteiger partial charge in [0.15, 0.2) is 0 Å². The van der Waals surface area contributed by atoms with Gasteiger partial charge in [-0.2, -0.15) is 0 Å². The van der Waals surface area contributed by atoms with Gasteiger partial charge in [-0.25, -0.2) is 4.39 Å². The van der Waals surface area contributed by atoms with E-state index in [1.165, 1.54) is 19.1 Å². The zero-order chi connectivity index (χ0) is 25.4. The molecule has 5 rings (SSSR count). The molecule has 2 aromatic heterocycles. The number of hydrogen-bond acceptors (Lipinski definition) is 5. The maximum atomic E-state index is 14.3. The van der Waals surface area contributed by atoms with Crippen LogP contribution in [0, 0.1) is 18.7 Å². The summed E-state index contributed by atoms with van der Waals surface area (Å²) in [5.41, 5.74) is 3.62. The van der Waals surface area contributed by atoms with Gasteiger partial charge in [0.1, 0.15) is 23.2 Å². The van der Waals surface area contributed by atoms with Gasteiger partial charge in [0, 0.05) is 42.1 Å². The third-order valence-corrected chi connectivity index (χ3v) is 7.00. The lowest BCUT2D eigenvalue weighted by atomic mass is 10.0. The summed E-state index contributed by atoms with van der Waals surface area (Å²) in [6.07, 6.45) is 4.12. The van der Waals surface area contributed by atoms with Crippen molar-refractivity contribution in [1.82, 2.24) is 20.2 Å². The number of aliphatic hydroxyl groups excluding tert-OH is 1. The number of benzene rings is 1. The van der Waals surface area contributed by atoms with Crippen LogP contribution in [-0.4, -0.2) is 63.6 Å². The summed E-state index contributed by atoms with van der Waals surface area (Å²) in [7, 11) is 0. The van der Waals surface area contributed by atoms with Crippen LogP contribution in [0.25, 0.3) is 22.2 Å². The zero-order valence-electron chi connectivity index (χ0n) is 20.5. The number of aryl methyl sites for hydroxylation is 1. The molecular formula is C27H31FN4O4. The van der Waals surface area contributed by atoms with E-state index in [1.54, 1.807) is 23.2 Å². The SMILES string of the molecule is Cc1[nH]c2c(-c3cc(F)ccc3OCC3CC3)ccnc2c1C(=O)NC1CCN(C(=O)C(C)O)CC1. The first-order valence-corrected chi connectivity index (χ1v) is 12.5. The van der Waals surface area contributed by atoms with Gasteiger partial charge in [-0.3, -0.25) is 14.6 Å². The van der Waals surface area contributed by atoms with Crippen LogP contribution in [0.1, 0.15) is 48.7 Å². The van der Waals surface area contributed by atoms with Gasteiger partial charge in [-0.1, -0.05) is 0 Å². The first kappa shape index (κ1) is 24.2. The Hall–Kier alpha value is -3.46. The molecule has 1 unspecified atom stereocenters. The fourth-order valence-corrected chi connectivity index (χ4v) is 4.80. The van der Waals surface area contributed by atoms with E-state index in [2.05, 4.69) is 15.3 Å². The molecule has 1 saturated heterocycles. The second kappa shape index (κ2) is 9.89. The van der Waals surface area contributed by atoms with Crippen LogP contribution in [0.4, 0.5) is 4.39 Å². The number of ether oxygens (including phenoxy) is 1. The van der Waals surface area contributed by atoms with Gasteiger partial charge in [0.05, 0.1) is 17.7 Å². The molecule has 3 N–H and O–H groups in total. The monoisotopic (exact) mass is 494 g/mol. The minimum Gasteiger partial charge on any atom is -0.493 e. The third kappa shape index (κ3) is 4.93. The standard InChI is InChI=1S/C27H31FN4O4/c1-15-23(26(34)31-19-8-11-32(12-9-19)27(35)16(2)33)25-24(30-15)20(7-10-29-25)21-13-18(28)5-6-22(21)36-14-17-3-4-17/h5-7,10,13,16-17,19,30,33H,3-4,8-9,11-12,14H2,1-2H3,(H,31,34). The number of pyridine rings is 1. The molecule has 1 aromatic carbocycles. The number of nitrogens with one attached hydrogen (secondary N) is 2. The number of aromatic nitrogens is 2. The molecule has 1 aliphatic carbocycles. The molecular weight excluding hydrogens is 463 g/mol. The summed E-state index contributed by atoms with van der Waals surface area (Å²) in [6.45, 7) is 4.84. The quantitative estimate of drug-likeness (QED) is 0.466. The number of piperidine rings is 1. The number of aromatic amines is 1. The molecule has 9 heteroatoms. The Balaban J connectivity index is 1.39. The molecule has 2 fully saturated rings. The van der Waals surface area contributed by atoms with Gasteiger partial charge >= 0.3 is 0 Å². The summed E-state index contributed by atoms with van der Waals surface area (Å²) in [5, 5.41) is 12.6. The van der Waals surface area contributed by atoms with E-state index in [9.17, 15) is 19.1 Å². The molecule has 2 amide bonds. The Morgan fingerprint density at radius 3 is 2.67 bits per heavy atom. The van der Waals surface area contributed by atoms with Crippen molar-refractivity contribution in [3.8, 4) is 16.9 Å². The van der Waals surface area contributed by atoms with E-state index in [4.69, 9.17) is 4.74 Å². The molecule has 3 heterocycles. The van der Waals surface area contributed by atoms with Crippen LogP contribution < -0.4 is 10.1 Å². The fraction of sp³-hybridized carbons (Fsp3) is 0.444. The smallest absolute Gasteiger partial charge is 0.255 e. The van der Waals surface area contributed by atoms with E-state index < -0.39 is 6.10 Å².